The number of hydrogen-bond donors (Lipinski definition) is 0. The predicted octanol–water partition coefficient (Wildman–Crippen LogP) is 3.05. The SMILES string of the molecule is Cn1cc(C2(C)CN(c3nc(C(F)F)nc4ccccc34)CCO2)cn1. The maximum absolute atomic E-state index is 13.3. The molecule has 3 heterocycles. The van der Waals surface area contributed by atoms with Crippen molar-refractivity contribution >= 4 is 16.7 Å². The van der Waals surface area contributed by atoms with Crippen LogP contribution >= 0.6 is 0 Å². The molecule has 1 aromatic carbocycles. The average Bonchev–Trinajstić information content (AvgIpc) is 3.08. The van der Waals surface area contributed by atoms with E-state index in [-0.39, 0.29) is 0 Å². The summed E-state index contributed by atoms with van der Waals surface area (Å²) in [6.07, 6.45) is 0.960. The molecule has 1 saturated heterocycles. The molecule has 1 unspecified atom stereocenters. The summed E-state index contributed by atoms with van der Waals surface area (Å²) in [4.78, 5) is 10.2. The lowest BCUT2D eigenvalue weighted by molar-refractivity contribution is -0.0467. The number of hydrogen-bond acceptors (Lipinski definition) is 5. The quantitative estimate of drug-likeness (QED) is 0.719. The van der Waals surface area contributed by atoms with E-state index in [0.717, 1.165) is 10.9 Å². The highest BCUT2D eigenvalue weighted by Gasteiger charge is 2.36. The Balaban J connectivity index is 1.77. The Kier molecular flexibility index (Phi) is 4.07. The molecule has 1 aliphatic rings. The van der Waals surface area contributed by atoms with Gasteiger partial charge < -0.3 is 9.64 Å². The number of morpholine rings is 1. The molecule has 4 rings (SSSR count). The van der Waals surface area contributed by atoms with Gasteiger partial charge in [0.2, 0.25) is 0 Å². The lowest BCUT2D eigenvalue weighted by Crippen LogP contribution is -2.48. The molecule has 0 N–H and O–H groups in total. The van der Waals surface area contributed by atoms with E-state index in [4.69, 9.17) is 4.74 Å². The van der Waals surface area contributed by atoms with Crippen molar-refractivity contribution in [2.45, 2.75) is 19.0 Å². The van der Waals surface area contributed by atoms with Crippen LogP contribution in [0, 0.1) is 0 Å². The van der Waals surface area contributed by atoms with Gasteiger partial charge in [-0.1, -0.05) is 12.1 Å². The van der Waals surface area contributed by atoms with Gasteiger partial charge in [0.25, 0.3) is 6.43 Å². The van der Waals surface area contributed by atoms with E-state index in [1.807, 2.05) is 37.2 Å². The molecule has 0 spiro atoms. The van der Waals surface area contributed by atoms with E-state index in [1.54, 1.807) is 23.0 Å². The maximum atomic E-state index is 13.3. The van der Waals surface area contributed by atoms with Gasteiger partial charge in [0.05, 0.1) is 24.9 Å². The highest BCUT2D eigenvalue weighted by Crippen LogP contribution is 2.34. The van der Waals surface area contributed by atoms with Crippen LogP contribution in [0.25, 0.3) is 10.9 Å². The molecule has 0 bridgehead atoms. The van der Waals surface area contributed by atoms with Gasteiger partial charge in [-0.3, -0.25) is 4.68 Å². The molecular formula is C18H19F2N5O. The molecule has 0 saturated carbocycles. The van der Waals surface area contributed by atoms with E-state index in [2.05, 4.69) is 15.1 Å². The molecule has 0 radical (unpaired) electrons. The van der Waals surface area contributed by atoms with Crippen molar-refractivity contribution < 1.29 is 13.5 Å². The minimum absolute atomic E-state index is 0.451. The number of fused-ring (bicyclic) bond motifs is 1. The highest BCUT2D eigenvalue weighted by atomic mass is 19.3. The van der Waals surface area contributed by atoms with Crippen LogP contribution in [-0.4, -0.2) is 39.4 Å². The Labute approximate surface area is 149 Å². The Morgan fingerprint density at radius 1 is 1.23 bits per heavy atom. The number of ether oxygens (including phenoxy) is 1. The Morgan fingerprint density at radius 2 is 2.04 bits per heavy atom. The molecule has 3 aromatic rings. The number of para-hydroxylation sites is 1. The number of aryl methyl sites for hydroxylation is 1. The second-order valence-electron chi connectivity index (χ2n) is 6.63. The van der Waals surface area contributed by atoms with Crippen LogP contribution in [0.3, 0.4) is 0 Å². The van der Waals surface area contributed by atoms with Crippen molar-refractivity contribution in [1.82, 2.24) is 19.7 Å². The van der Waals surface area contributed by atoms with E-state index in [1.165, 1.54) is 0 Å². The van der Waals surface area contributed by atoms with Gasteiger partial charge in [0, 0.05) is 30.7 Å². The van der Waals surface area contributed by atoms with Crippen LogP contribution in [0.1, 0.15) is 24.7 Å². The molecule has 0 aliphatic carbocycles. The van der Waals surface area contributed by atoms with Crippen molar-refractivity contribution in [2.24, 2.45) is 7.05 Å². The molecule has 1 atom stereocenters. The fourth-order valence-electron chi connectivity index (χ4n) is 3.34. The number of rotatable bonds is 3. The summed E-state index contributed by atoms with van der Waals surface area (Å²) in [7, 11) is 1.85. The third-order valence-corrected chi connectivity index (χ3v) is 4.69. The molecule has 8 heteroatoms. The number of halogens is 2. The van der Waals surface area contributed by atoms with Crippen LogP contribution in [0.2, 0.25) is 0 Å². The molecule has 1 fully saturated rings. The number of alkyl halides is 2. The average molecular weight is 359 g/mol. The van der Waals surface area contributed by atoms with Crippen molar-refractivity contribution in [2.75, 3.05) is 24.6 Å². The first-order valence-electron chi connectivity index (χ1n) is 8.39. The maximum Gasteiger partial charge on any atom is 0.297 e. The first kappa shape index (κ1) is 16.8. The van der Waals surface area contributed by atoms with Crippen LogP contribution < -0.4 is 4.90 Å². The summed E-state index contributed by atoms with van der Waals surface area (Å²) >= 11 is 0. The molecule has 136 valence electrons. The largest absolute Gasteiger partial charge is 0.367 e. The number of anilines is 1. The number of nitrogens with zero attached hydrogens (tertiary/aromatic N) is 5. The fourth-order valence-corrected chi connectivity index (χ4v) is 3.34. The van der Waals surface area contributed by atoms with Gasteiger partial charge in [-0.15, -0.1) is 0 Å². The highest BCUT2D eigenvalue weighted by molar-refractivity contribution is 5.89. The van der Waals surface area contributed by atoms with Gasteiger partial charge in [-0.05, 0) is 19.1 Å². The Morgan fingerprint density at radius 3 is 2.77 bits per heavy atom. The van der Waals surface area contributed by atoms with Gasteiger partial charge in [0.1, 0.15) is 11.4 Å². The van der Waals surface area contributed by atoms with Crippen molar-refractivity contribution in [3.8, 4) is 0 Å². The van der Waals surface area contributed by atoms with Crippen LogP contribution in [0.4, 0.5) is 14.6 Å². The summed E-state index contributed by atoms with van der Waals surface area (Å²) in [6, 6.07) is 7.23. The molecule has 0 amide bonds. The first-order chi connectivity index (χ1) is 12.5. The molecule has 6 nitrogen and oxygen atoms in total. The fraction of sp³-hybridized carbons (Fsp3) is 0.389. The van der Waals surface area contributed by atoms with Crippen molar-refractivity contribution in [1.29, 1.82) is 0 Å². The smallest absolute Gasteiger partial charge is 0.297 e. The minimum Gasteiger partial charge on any atom is -0.367 e. The third kappa shape index (κ3) is 2.90. The number of aromatic nitrogens is 4. The number of benzene rings is 1. The van der Waals surface area contributed by atoms with Crippen molar-refractivity contribution in [3.63, 3.8) is 0 Å². The summed E-state index contributed by atoms with van der Waals surface area (Å²) in [6.45, 7) is 3.50. The second-order valence-corrected chi connectivity index (χ2v) is 6.63. The summed E-state index contributed by atoms with van der Waals surface area (Å²) in [5, 5.41) is 4.97. The topological polar surface area (TPSA) is 56.1 Å². The van der Waals surface area contributed by atoms with E-state index in [0.29, 0.717) is 31.0 Å². The third-order valence-electron chi connectivity index (χ3n) is 4.69. The Hall–Kier alpha value is -2.61. The Bertz CT molecular complexity index is 944. The summed E-state index contributed by atoms with van der Waals surface area (Å²) < 4.78 is 34.3. The lowest BCUT2D eigenvalue weighted by atomic mass is 9.96. The summed E-state index contributed by atoms with van der Waals surface area (Å²) in [5.74, 6) is 0.0672. The monoisotopic (exact) mass is 359 g/mol. The van der Waals surface area contributed by atoms with Gasteiger partial charge in [-0.25, -0.2) is 18.7 Å². The van der Waals surface area contributed by atoms with E-state index in [9.17, 15) is 8.78 Å². The van der Waals surface area contributed by atoms with Gasteiger partial charge in [-0.2, -0.15) is 5.10 Å². The normalized spacial score (nSPS) is 20.9. The first-order valence-corrected chi connectivity index (χ1v) is 8.39. The zero-order chi connectivity index (χ0) is 18.3. The predicted molar refractivity (Wildman–Crippen MR) is 93.2 cm³/mol. The van der Waals surface area contributed by atoms with Crippen molar-refractivity contribution in [3.05, 3.63) is 48.0 Å². The zero-order valence-electron chi connectivity index (χ0n) is 14.6. The van der Waals surface area contributed by atoms with Crippen LogP contribution in [-0.2, 0) is 17.4 Å². The second kappa shape index (κ2) is 6.28. The zero-order valence-corrected chi connectivity index (χ0v) is 14.6. The van der Waals surface area contributed by atoms with Gasteiger partial charge >= 0.3 is 0 Å². The molecular weight excluding hydrogens is 340 g/mol. The standard InChI is InChI=1S/C18H19F2N5O/c1-18(12-9-21-24(2)10-12)11-25(7-8-26-18)17-13-5-3-4-6-14(13)22-16(23-17)15(19)20/h3-6,9-10,15H,7-8,11H2,1-2H3. The minimum atomic E-state index is -2.72. The summed E-state index contributed by atoms with van der Waals surface area (Å²) in [5.41, 5.74) is 0.864. The van der Waals surface area contributed by atoms with E-state index >= 15 is 0 Å². The lowest BCUT2D eigenvalue weighted by Gasteiger charge is -2.41. The molecule has 1 aliphatic heterocycles. The molecule has 26 heavy (non-hydrogen) atoms. The van der Waals surface area contributed by atoms with E-state index < -0.39 is 17.9 Å². The van der Waals surface area contributed by atoms with Crippen LogP contribution in [0.15, 0.2) is 36.7 Å². The van der Waals surface area contributed by atoms with Gasteiger partial charge in [0.15, 0.2) is 5.82 Å². The van der Waals surface area contributed by atoms with Crippen LogP contribution in [0.5, 0.6) is 0 Å². The molecule has 2 aromatic heterocycles.